The normalized spacial score (nSPS) is 21.8. The molecule has 0 aromatic carbocycles. The molecule has 3 rings (SSSR count). The number of ketones is 1. The predicted molar refractivity (Wildman–Crippen MR) is 74.7 cm³/mol. The summed E-state index contributed by atoms with van der Waals surface area (Å²) in [6, 6.07) is 0.0189. The number of fused-ring (bicyclic) bond motifs is 3. The van der Waals surface area contributed by atoms with Crippen LogP contribution in [-0.4, -0.2) is 28.3 Å². The third-order valence-corrected chi connectivity index (χ3v) is 4.06. The number of Topliss-reactive ketones (excluding diaryl/α,β-unsaturated/α-hetero) is 1. The lowest BCUT2D eigenvalue weighted by molar-refractivity contribution is -0.119. The average Bonchev–Trinajstić information content (AvgIpc) is 2.80. The maximum absolute atomic E-state index is 12.2. The van der Waals surface area contributed by atoms with Gasteiger partial charge >= 0.3 is 0 Å². The molecular weight excluding hydrogens is 262 g/mol. The Kier molecular flexibility index (Phi) is 3.21. The second kappa shape index (κ2) is 4.75. The van der Waals surface area contributed by atoms with Crippen LogP contribution in [0.3, 0.4) is 0 Å². The molecule has 0 amide bonds. The minimum atomic E-state index is 0.0189. The Morgan fingerprint density at radius 3 is 2.95 bits per heavy atom. The SMILES string of the molecule is CC(C)Cc1nc(Cl)nc2c1CC(=O)C1CCCN21. The summed E-state index contributed by atoms with van der Waals surface area (Å²) in [5.41, 5.74) is 1.95. The minimum absolute atomic E-state index is 0.0189. The Labute approximate surface area is 118 Å². The van der Waals surface area contributed by atoms with E-state index in [1.165, 1.54) is 0 Å². The van der Waals surface area contributed by atoms with E-state index >= 15 is 0 Å². The molecule has 102 valence electrons. The summed E-state index contributed by atoms with van der Waals surface area (Å²) in [5.74, 6) is 1.69. The van der Waals surface area contributed by atoms with Gasteiger partial charge in [0.2, 0.25) is 5.28 Å². The molecule has 0 aliphatic carbocycles. The highest BCUT2D eigenvalue weighted by atomic mass is 35.5. The van der Waals surface area contributed by atoms with Gasteiger partial charge in [0.15, 0.2) is 5.78 Å². The van der Waals surface area contributed by atoms with Crippen LogP contribution in [0.4, 0.5) is 5.82 Å². The lowest BCUT2D eigenvalue weighted by atomic mass is 9.93. The van der Waals surface area contributed by atoms with E-state index < -0.39 is 0 Å². The van der Waals surface area contributed by atoms with Crippen LogP contribution < -0.4 is 4.90 Å². The third kappa shape index (κ3) is 2.22. The number of carbonyl (C=O) groups is 1. The van der Waals surface area contributed by atoms with E-state index in [1.807, 2.05) is 0 Å². The number of anilines is 1. The van der Waals surface area contributed by atoms with Crippen molar-refractivity contribution >= 4 is 23.2 Å². The fourth-order valence-electron chi connectivity index (χ4n) is 3.11. The number of aromatic nitrogens is 2. The third-order valence-electron chi connectivity index (χ3n) is 3.89. The van der Waals surface area contributed by atoms with E-state index in [0.717, 1.165) is 42.9 Å². The molecule has 0 radical (unpaired) electrons. The smallest absolute Gasteiger partial charge is 0.224 e. The van der Waals surface area contributed by atoms with Crippen LogP contribution in [0, 0.1) is 5.92 Å². The molecule has 19 heavy (non-hydrogen) atoms. The highest BCUT2D eigenvalue weighted by Crippen LogP contribution is 2.35. The van der Waals surface area contributed by atoms with Crippen LogP contribution in [0.1, 0.15) is 37.9 Å². The van der Waals surface area contributed by atoms with Gasteiger partial charge in [0.25, 0.3) is 0 Å². The van der Waals surface area contributed by atoms with Gasteiger partial charge in [-0.05, 0) is 36.8 Å². The molecule has 2 aliphatic rings. The number of hydrogen-bond acceptors (Lipinski definition) is 4. The minimum Gasteiger partial charge on any atom is -0.346 e. The molecule has 5 heteroatoms. The fraction of sp³-hybridized carbons (Fsp3) is 0.643. The van der Waals surface area contributed by atoms with Gasteiger partial charge in [-0.15, -0.1) is 0 Å². The average molecular weight is 280 g/mol. The molecule has 1 aromatic rings. The first-order valence-electron chi connectivity index (χ1n) is 6.91. The Morgan fingerprint density at radius 2 is 2.21 bits per heavy atom. The van der Waals surface area contributed by atoms with E-state index in [-0.39, 0.29) is 6.04 Å². The van der Waals surface area contributed by atoms with Crippen LogP contribution in [0.25, 0.3) is 0 Å². The van der Waals surface area contributed by atoms with Crippen molar-refractivity contribution in [3.05, 3.63) is 16.5 Å². The van der Waals surface area contributed by atoms with Gasteiger partial charge in [-0.2, -0.15) is 0 Å². The Hall–Kier alpha value is -1.16. The summed E-state index contributed by atoms with van der Waals surface area (Å²) >= 11 is 6.06. The topological polar surface area (TPSA) is 46.1 Å². The molecule has 1 atom stereocenters. The van der Waals surface area contributed by atoms with Crippen LogP contribution >= 0.6 is 11.6 Å². The van der Waals surface area contributed by atoms with Crippen molar-refractivity contribution in [2.24, 2.45) is 5.92 Å². The molecule has 1 fully saturated rings. The largest absolute Gasteiger partial charge is 0.346 e. The van der Waals surface area contributed by atoms with E-state index in [1.54, 1.807) is 0 Å². The van der Waals surface area contributed by atoms with Gasteiger partial charge in [0.05, 0.1) is 11.7 Å². The van der Waals surface area contributed by atoms with Crippen molar-refractivity contribution in [1.82, 2.24) is 9.97 Å². The highest BCUT2D eigenvalue weighted by Gasteiger charge is 2.38. The molecule has 0 saturated carbocycles. The zero-order valence-corrected chi connectivity index (χ0v) is 12.1. The second-order valence-electron chi connectivity index (χ2n) is 5.83. The standard InChI is InChI=1S/C14H18ClN3O/c1-8(2)6-10-9-7-12(19)11-4-3-5-18(11)13(9)17-14(15)16-10/h8,11H,3-7H2,1-2H3. The first-order chi connectivity index (χ1) is 9.06. The maximum Gasteiger partial charge on any atom is 0.224 e. The molecule has 1 unspecified atom stereocenters. The summed E-state index contributed by atoms with van der Waals surface area (Å²) < 4.78 is 0. The number of nitrogens with zero attached hydrogens (tertiary/aromatic N) is 3. The lowest BCUT2D eigenvalue weighted by Crippen LogP contribution is -2.42. The Morgan fingerprint density at radius 1 is 1.42 bits per heavy atom. The molecule has 4 nitrogen and oxygen atoms in total. The summed E-state index contributed by atoms with van der Waals surface area (Å²) in [6.07, 6.45) is 3.31. The predicted octanol–water partition coefficient (Wildman–Crippen LogP) is 2.42. The quantitative estimate of drug-likeness (QED) is 0.780. The number of rotatable bonds is 2. The Balaban J connectivity index is 2.09. The first-order valence-corrected chi connectivity index (χ1v) is 7.28. The summed E-state index contributed by atoms with van der Waals surface area (Å²) in [7, 11) is 0. The van der Waals surface area contributed by atoms with Crippen molar-refractivity contribution in [2.75, 3.05) is 11.4 Å². The van der Waals surface area contributed by atoms with Crippen LogP contribution in [0.15, 0.2) is 0 Å². The van der Waals surface area contributed by atoms with E-state index in [9.17, 15) is 4.79 Å². The summed E-state index contributed by atoms with van der Waals surface area (Å²) in [4.78, 5) is 23.1. The van der Waals surface area contributed by atoms with Crippen molar-refractivity contribution in [3.63, 3.8) is 0 Å². The summed E-state index contributed by atoms with van der Waals surface area (Å²) in [6.45, 7) is 5.19. The van der Waals surface area contributed by atoms with Crippen LogP contribution in [0.5, 0.6) is 0 Å². The van der Waals surface area contributed by atoms with E-state index in [2.05, 4.69) is 28.7 Å². The molecule has 2 aliphatic heterocycles. The number of halogens is 1. The molecule has 3 heterocycles. The van der Waals surface area contributed by atoms with Crippen molar-refractivity contribution < 1.29 is 4.79 Å². The maximum atomic E-state index is 12.2. The van der Waals surface area contributed by atoms with Crippen molar-refractivity contribution in [1.29, 1.82) is 0 Å². The molecular formula is C14H18ClN3O. The van der Waals surface area contributed by atoms with Gasteiger partial charge in [0, 0.05) is 18.5 Å². The summed E-state index contributed by atoms with van der Waals surface area (Å²) in [5, 5.41) is 0.300. The molecule has 1 aromatic heterocycles. The van der Waals surface area contributed by atoms with Gasteiger partial charge < -0.3 is 4.90 Å². The molecule has 0 bridgehead atoms. The van der Waals surface area contributed by atoms with Gasteiger partial charge in [-0.1, -0.05) is 13.8 Å². The first kappa shape index (κ1) is 12.9. The molecule has 0 spiro atoms. The molecule has 1 saturated heterocycles. The highest BCUT2D eigenvalue weighted by molar-refractivity contribution is 6.28. The van der Waals surface area contributed by atoms with Crippen LogP contribution in [0.2, 0.25) is 5.28 Å². The Bertz CT molecular complexity index is 530. The van der Waals surface area contributed by atoms with Crippen LogP contribution in [-0.2, 0) is 17.6 Å². The zero-order chi connectivity index (χ0) is 13.6. The second-order valence-corrected chi connectivity index (χ2v) is 6.17. The van der Waals surface area contributed by atoms with E-state index in [4.69, 9.17) is 11.6 Å². The van der Waals surface area contributed by atoms with E-state index in [0.29, 0.717) is 23.4 Å². The van der Waals surface area contributed by atoms with Crippen molar-refractivity contribution in [2.45, 2.75) is 45.6 Å². The van der Waals surface area contributed by atoms with Gasteiger partial charge in [-0.3, -0.25) is 4.79 Å². The zero-order valence-electron chi connectivity index (χ0n) is 11.3. The lowest BCUT2D eigenvalue weighted by Gasteiger charge is -2.32. The van der Waals surface area contributed by atoms with Crippen molar-refractivity contribution in [3.8, 4) is 0 Å². The number of carbonyl (C=O) groups excluding carboxylic acids is 1. The molecule has 0 N–H and O–H groups in total. The fourth-order valence-corrected chi connectivity index (χ4v) is 3.29. The van der Waals surface area contributed by atoms with Gasteiger partial charge in [0.1, 0.15) is 5.82 Å². The number of hydrogen-bond donors (Lipinski definition) is 0. The van der Waals surface area contributed by atoms with Gasteiger partial charge in [-0.25, -0.2) is 9.97 Å². The monoisotopic (exact) mass is 279 g/mol.